The topological polar surface area (TPSA) is 56.9 Å². The van der Waals surface area contributed by atoms with E-state index in [0.29, 0.717) is 12.0 Å². The van der Waals surface area contributed by atoms with Crippen LogP contribution in [-0.2, 0) is 4.79 Å². The molecule has 1 aliphatic carbocycles. The zero-order chi connectivity index (χ0) is 20.2. The minimum absolute atomic E-state index is 0.118. The van der Waals surface area contributed by atoms with E-state index in [1.807, 2.05) is 6.92 Å². The average molecular weight is 410 g/mol. The number of H-pyrrole nitrogens is 1. The van der Waals surface area contributed by atoms with E-state index in [1.54, 1.807) is 11.3 Å². The first-order valence-electron chi connectivity index (χ1n) is 10.8. The highest BCUT2D eigenvalue weighted by molar-refractivity contribution is 7.10. The van der Waals surface area contributed by atoms with Gasteiger partial charge in [-0.3, -0.25) is 4.79 Å². The van der Waals surface area contributed by atoms with Crippen LogP contribution in [0.25, 0.3) is 10.9 Å². The maximum Gasteiger partial charge on any atom is 0.237 e. The van der Waals surface area contributed by atoms with Crippen LogP contribution in [0.3, 0.4) is 0 Å². The lowest BCUT2D eigenvalue weighted by molar-refractivity contribution is -0.124. The molecule has 0 bridgehead atoms. The Bertz CT molecular complexity index is 933. The molecule has 4 rings (SSSR count). The van der Waals surface area contributed by atoms with Crippen LogP contribution < -0.4 is 10.6 Å². The van der Waals surface area contributed by atoms with Crippen LogP contribution in [0, 0.1) is 5.92 Å². The van der Waals surface area contributed by atoms with Crippen LogP contribution in [0.2, 0.25) is 0 Å². The van der Waals surface area contributed by atoms with E-state index in [1.165, 1.54) is 35.1 Å². The number of hydrogen-bond acceptors (Lipinski definition) is 3. The molecule has 0 radical (unpaired) electrons. The van der Waals surface area contributed by atoms with Gasteiger partial charge in [0.2, 0.25) is 5.91 Å². The Balaban J connectivity index is 1.45. The maximum absolute atomic E-state index is 12.8. The van der Waals surface area contributed by atoms with E-state index in [4.69, 9.17) is 0 Å². The molecule has 2 aromatic heterocycles. The van der Waals surface area contributed by atoms with Gasteiger partial charge in [-0.05, 0) is 48.8 Å². The van der Waals surface area contributed by atoms with Crippen molar-refractivity contribution in [3.8, 4) is 0 Å². The summed E-state index contributed by atoms with van der Waals surface area (Å²) in [5.74, 6) is 0.910. The van der Waals surface area contributed by atoms with Crippen LogP contribution in [0.15, 0.2) is 48.0 Å². The molecular weight excluding hydrogens is 378 g/mol. The predicted molar refractivity (Wildman–Crippen MR) is 121 cm³/mol. The van der Waals surface area contributed by atoms with Crippen LogP contribution in [-0.4, -0.2) is 29.5 Å². The summed E-state index contributed by atoms with van der Waals surface area (Å²) in [5.41, 5.74) is 2.44. The summed E-state index contributed by atoms with van der Waals surface area (Å²) >= 11 is 1.77. The summed E-state index contributed by atoms with van der Waals surface area (Å²) in [7, 11) is 0. The molecule has 0 aliphatic heterocycles. The fourth-order valence-corrected chi connectivity index (χ4v) is 5.31. The first-order chi connectivity index (χ1) is 14.1. The minimum Gasteiger partial charge on any atom is -0.361 e. The molecule has 1 fully saturated rings. The number of benzene rings is 1. The van der Waals surface area contributed by atoms with Gasteiger partial charge in [-0.1, -0.05) is 44.0 Å². The number of rotatable bonds is 7. The van der Waals surface area contributed by atoms with Gasteiger partial charge in [0.1, 0.15) is 0 Å². The molecule has 0 saturated heterocycles. The lowest BCUT2D eigenvalue weighted by Gasteiger charge is -2.30. The summed E-state index contributed by atoms with van der Waals surface area (Å²) in [6, 6.07) is 12.8. The molecule has 5 heteroatoms. The van der Waals surface area contributed by atoms with E-state index in [0.717, 1.165) is 18.5 Å². The summed E-state index contributed by atoms with van der Waals surface area (Å²) in [5, 5.41) is 10.2. The zero-order valence-corrected chi connectivity index (χ0v) is 18.1. The first kappa shape index (κ1) is 20.2. The van der Waals surface area contributed by atoms with Gasteiger partial charge in [0.15, 0.2) is 0 Å². The summed E-state index contributed by atoms with van der Waals surface area (Å²) < 4.78 is 0. The van der Waals surface area contributed by atoms with Gasteiger partial charge in [0, 0.05) is 40.5 Å². The number of nitrogens with one attached hydrogen (secondary N) is 3. The second-order valence-electron chi connectivity index (χ2n) is 8.36. The minimum atomic E-state index is -0.211. The standard InChI is InChI=1S/C24H31N3OS/c1-16-8-3-5-10-21(16)27-24(28)17(2)25-15-20(23-12-7-13-29-23)19-14-26-22-11-6-4-9-18(19)22/h4,6-7,9,11-14,16-17,20-21,25-26H,3,5,8,10,15H2,1-2H3,(H,27,28)/t16-,17+,20+,21+/m0/s1. The van der Waals surface area contributed by atoms with Crippen molar-refractivity contribution in [2.45, 2.75) is 57.5 Å². The van der Waals surface area contributed by atoms with Gasteiger partial charge < -0.3 is 15.6 Å². The second kappa shape index (κ2) is 9.14. The van der Waals surface area contributed by atoms with Crippen molar-refractivity contribution < 1.29 is 4.79 Å². The lowest BCUT2D eigenvalue weighted by atomic mass is 9.86. The first-order valence-corrected chi connectivity index (χ1v) is 11.6. The summed E-state index contributed by atoms with van der Waals surface area (Å²) in [6.07, 6.45) is 6.94. The Morgan fingerprint density at radius 2 is 2.03 bits per heavy atom. The molecule has 2 heterocycles. The number of carbonyl (C=O) groups excluding carboxylic acids is 1. The Hall–Kier alpha value is -2.11. The van der Waals surface area contributed by atoms with Crippen LogP contribution in [0.1, 0.15) is 55.9 Å². The highest BCUT2D eigenvalue weighted by Gasteiger charge is 2.26. The Kier molecular flexibility index (Phi) is 6.36. The highest BCUT2D eigenvalue weighted by Crippen LogP contribution is 2.33. The van der Waals surface area contributed by atoms with E-state index in [-0.39, 0.29) is 17.9 Å². The molecule has 4 atom stereocenters. The molecule has 29 heavy (non-hydrogen) atoms. The summed E-state index contributed by atoms with van der Waals surface area (Å²) in [6.45, 7) is 4.97. The van der Waals surface area contributed by atoms with E-state index in [9.17, 15) is 4.79 Å². The fourth-order valence-electron chi connectivity index (χ4n) is 4.46. The third-order valence-electron chi connectivity index (χ3n) is 6.34. The fraction of sp³-hybridized carbons (Fsp3) is 0.458. The highest BCUT2D eigenvalue weighted by atomic mass is 32.1. The van der Waals surface area contributed by atoms with Crippen molar-refractivity contribution in [2.75, 3.05) is 6.54 Å². The molecule has 3 N–H and O–H groups in total. The molecule has 0 unspecified atom stereocenters. The van der Waals surface area contributed by atoms with Gasteiger partial charge in [0.25, 0.3) is 0 Å². The molecular formula is C24H31N3OS. The number of aromatic amines is 1. The van der Waals surface area contributed by atoms with E-state index < -0.39 is 0 Å². The lowest BCUT2D eigenvalue weighted by Crippen LogP contribution is -2.49. The van der Waals surface area contributed by atoms with E-state index in [2.05, 4.69) is 70.5 Å². The molecule has 154 valence electrons. The number of thiophene rings is 1. The number of amides is 1. The SMILES string of the molecule is C[C@@H](NC[C@@H](c1cccs1)c1c[nH]c2ccccc12)C(=O)N[C@@H]1CCCC[C@@H]1C. The van der Waals surface area contributed by atoms with Gasteiger partial charge >= 0.3 is 0 Å². The Morgan fingerprint density at radius 1 is 1.21 bits per heavy atom. The number of para-hydroxylation sites is 1. The van der Waals surface area contributed by atoms with Crippen molar-refractivity contribution in [2.24, 2.45) is 5.92 Å². The molecule has 1 aliphatic rings. The van der Waals surface area contributed by atoms with Gasteiger partial charge in [-0.2, -0.15) is 0 Å². The third-order valence-corrected chi connectivity index (χ3v) is 7.33. The predicted octanol–water partition coefficient (Wildman–Crippen LogP) is 5.03. The third kappa shape index (κ3) is 4.57. The molecule has 1 aromatic carbocycles. The number of aromatic nitrogens is 1. The quantitative estimate of drug-likeness (QED) is 0.512. The Labute approximate surface area is 177 Å². The van der Waals surface area contributed by atoms with Crippen molar-refractivity contribution in [1.29, 1.82) is 0 Å². The molecule has 0 spiro atoms. The number of carbonyl (C=O) groups is 1. The molecule has 4 nitrogen and oxygen atoms in total. The number of fused-ring (bicyclic) bond motifs is 1. The molecule has 3 aromatic rings. The van der Waals surface area contributed by atoms with Crippen LogP contribution >= 0.6 is 11.3 Å². The van der Waals surface area contributed by atoms with Gasteiger partial charge in [-0.25, -0.2) is 0 Å². The van der Waals surface area contributed by atoms with Crippen molar-refractivity contribution >= 4 is 28.1 Å². The van der Waals surface area contributed by atoms with Crippen molar-refractivity contribution in [1.82, 2.24) is 15.6 Å². The second-order valence-corrected chi connectivity index (χ2v) is 9.34. The van der Waals surface area contributed by atoms with E-state index >= 15 is 0 Å². The van der Waals surface area contributed by atoms with Gasteiger partial charge in [0.05, 0.1) is 6.04 Å². The zero-order valence-electron chi connectivity index (χ0n) is 17.3. The van der Waals surface area contributed by atoms with Crippen molar-refractivity contribution in [3.05, 3.63) is 58.4 Å². The number of hydrogen-bond donors (Lipinski definition) is 3. The maximum atomic E-state index is 12.8. The van der Waals surface area contributed by atoms with Crippen molar-refractivity contribution in [3.63, 3.8) is 0 Å². The largest absolute Gasteiger partial charge is 0.361 e. The summed E-state index contributed by atoms with van der Waals surface area (Å²) in [4.78, 5) is 17.5. The molecule has 1 amide bonds. The van der Waals surface area contributed by atoms with Crippen LogP contribution in [0.5, 0.6) is 0 Å². The normalized spacial score (nSPS) is 21.7. The Morgan fingerprint density at radius 3 is 2.83 bits per heavy atom. The smallest absolute Gasteiger partial charge is 0.237 e. The molecule has 1 saturated carbocycles. The average Bonchev–Trinajstić information content (AvgIpc) is 3.40. The monoisotopic (exact) mass is 409 g/mol. The van der Waals surface area contributed by atoms with Crippen LogP contribution in [0.4, 0.5) is 0 Å². The van der Waals surface area contributed by atoms with Gasteiger partial charge in [-0.15, -0.1) is 11.3 Å².